The number of fused-ring (bicyclic) bond motifs is 1. The molecule has 0 atom stereocenters. The van der Waals surface area contributed by atoms with E-state index in [0.717, 1.165) is 12.4 Å². The summed E-state index contributed by atoms with van der Waals surface area (Å²) < 4.78 is 147. The third kappa shape index (κ3) is 6.62. The van der Waals surface area contributed by atoms with Crippen molar-refractivity contribution in [2.24, 2.45) is 0 Å². The topological polar surface area (TPSA) is 75.7 Å². The normalized spacial score (nSPS) is 15.9. The lowest BCUT2D eigenvalue weighted by Gasteiger charge is -2.34. The zero-order chi connectivity index (χ0) is 29.0. The van der Waals surface area contributed by atoms with Gasteiger partial charge >= 0.3 is 23.3 Å². The molecule has 0 saturated carbocycles. The van der Waals surface area contributed by atoms with Gasteiger partial charge in [0.05, 0.1) is 6.61 Å². The zero-order valence-corrected chi connectivity index (χ0v) is 21.3. The number of hydrogen-bond donors (Lipinski definition) is 0. The summed E-state index contributed by atoms with van der Waals surface area (Å²) >= 11 is 0. The molecule has 5 nitrogen and oxygen atoms in total. The Hall–Kier alpha value is -1.91. The third-order valence-electron chi connectivity index (χ3n) is 5.31. The predicted octanol–water partition coefficient (Wildman–Crippen LogP) is 5.98. The van der Waals surface area contributed by atoms with Gasteiger partial charge in [-0.05, 0) is 38.0 Å². The van der Waals surface area contributed by atoms with Gasteiger partial charge in [-0.1, -0.05) is 18.2 Å². The maximum absolute atomic E-state index is 12.2. The Labute approximate surface area is 215 Å². The lowest BCUT2D eigenvalue weighted by atomic mass is 10.1. The van der Waals surface area contributed by atoms with Crippen molar-refractivity contribution in [3.05, 3.63) is 36.4 Å². The van der Waals surface area contributed by atoms with E-state index in [0.29, 0.717) is 24.1 Å². The molecule has 0 bridgehead atoms. The molecule has 0 amide bonds. The average molecular weight is 603 g/mol. The van der Waals surface area contributed by atoms with Crippen molar-refractivity contribution >= 4 is 31.8 Å². The summed E-state index contributed by atoms with van der Waals surface area (Å²) in [5.41, 5.74) is 0. The first kappa shape index (κ1) is 32.3. The molecule has 16 heteroatoms. The van der Waals surface area contributed by atoms with Crippen LogP contribution in [0.1, 0.15) is 19.8 Å². The summed E-state index contributed by atoms with van der Waals surface area (Å²) in [5, 5.41) is -4.50. The molecule has 1 aliphatic heterocycles. The van der Waals surface area contributed by atoms with Crippen molar-refractivity contribution < 1.29 is 62.0 Å². The van der Waals surface area contributed by atoms with E-state index < -0.39 is 33.4 Å². The van der Waals surface area contributed by atoms with E-state index in [1.165, 1.54) is 40.0 Å². The quantitative estimate of drug-likeness (QED) is 0.153. The van der Waals surface area contributed by atoms with Gasteiger partial charge in [0.2, 0.25) is 0 Å². The fourth-order valence-corrected chi connectivity index (χ4v) is 6.31. The van der Waals surface area contributed by atoms with E-state index in [9.17, 15) is 52.5 Å². The summed E-state index contributed by atoms with van der Waals surface area (Å²) in [7, 11) is -6.98. The van der Waals surface area contributed by atoms with Gasteiger partial charge in [-0.15, -0.1) is 0 Å². The van der Waals surface area contributed by atoms with Crippen LogP contribution in [0, 0.1) is 0 Å². The van der Waals surface area contributed by atoms with Crippen molar-refractivity contribution in [3.8, 4) is 5.75 Å². The molecule has 2 aromatic carbocycles. The van der Waals surface area contributed by atoms with E-state index in [4.69, 9.17) is 9.47 Å². The van der Waals surface area contributed by atoms with Crippen LogP contribution in [0.4, 0.5) is 39.5 Å². The van der Waals surface area contributed by atoms with E-state index in [-0.39, 0.29) is 0 Å². The molecule has 1 saturated heterocycles. The fourth-order valence-electron chi connectivity index (χ4n) is 3.37. The van der Waals surface area contributed by atoms with Gasteiger partial charge in [-0.25, -0.2) is 8.42 Å². The lowest BCUT2D eigenvalue weighted by molar-refractivity contribution is -0.382. The zero-order valence-electron chi connectivity index (χ0n) is 19.7. The standard InChI is InChI=1S/C18H23O2S.C4HF9O3S/c1-2-19-11-12-20-17-9-10-18(21-13-5-6-14-21)16-8-4-3-7-15(16)17;5-1(6,3(9,10)11)2(7,8)4(12,13)17(14,15)16/h3-4,7-10H,2,5-6,11-14H2,1H3;(H,14,15,16)/q+1;/p-1. The smallest absolute Gasteiger partial charge is 0.460 e. The Bertz CT molecular complexity index is 1180. The van der Waals surface area contributed by atoms with Crippen LogP contribution in [-0.4, -0.2) is 67.6 Å². The average Bonchev–Trinajstić information content (AvgIpc) is 3.35. The molecule has 0 aliphatic carbocycles. The number of benzene rings is 2. The molecule has 0 radical (unpaired) electrons. The summed E-state index contributed by atoms with van der Waals surface area (Å²) in [5.74, 6) is -11.1. The van der Waals surface area contributed by atoms with Crippen LogP contribution in [0.25, 0.3) is 10.8 Å². The second-order valence-corrected chi connectivity index (χ2v) is 11.5. The fraction of sp³-hybridized carbons (Fsp3) is 0.545. The first-order valence-corrected chi connectivity index (χ1v) is 13.9. The van der Waals surface area contributed by atoms with Crippen LogP contribution >= 0.6 is 0 Å². The molecule has 1 heterocycles. The van der Waals surface area contributed by atoms with Crippen LogP contribution in [0.5, 0.6) is 5.75 Å². The molecule has 0 aromatic heterocycles. The first-order valence-electron chi connectivity index (χ1n) is 11.0. The highest BCUT2D eigenvalue weighted by atomic mass is 32.2. The maximum atomic E-state index is 12.2. The molecule has 0 unspecified atom stereocenters. The van der Waals surface area contributed by atoms with Crippen molar-refractivity contribution in [1.82, 2.24) is 0 Å². The van der Waals surface area contributed by atoms with Crippen LogP contribution in [0.2, 0.25) is 0 Å². The van der Waals surface area contributed by atoms with Crippen molar-refractivity contribution in [2.75, 3.05) is 31.3 Å². The van der Waals surface area contributed by atoms with Gasteiger partial charge in [-0.2, -0.15) is 39.5 Å². The highest BCUT2D eigenvalue weighted by molar-refractivity contribution is 7.97. The minimum atomic E-state index is -7.43. The minimum absolute atomic E-state index is 0.437. The van der Waals surface area contributed by atoms with E-state index in [1.807, 2.05) is 6.92 Å². The monoisotopic (exact) mass is 602 g/mol. The summed E-state index contributed by atoms with van der Waals surface area (Å²) in [6.07, 6.45) is -4.40. The van der Waals surface area contributed by atoms with Gasteiger partial charge < -0.3 is 14.0 Å². The highest BCUT2D eigenvalue weighted by Crippen LogP contribution is 2.54. The molecule has 0 N–H and O–H groups in total. The number of rotatable bonds is 9. The van der Waals surface area contributed by atoms with Crippen LogP contribution in [0.15, 0.2) is 41.3 Å². The van der Waals surface area contributed by atoms with Crippen LogP contribution < -0.4 is 4.74 Å². The Morgan fingerprint density at radius 1 is 0.842 bits per heavy atom. The number of hydrogen-bond acceptors (Lipinski definition) is 5. The van der Waals surface area contributed by atoms with Crippen LogP contribution in [0.3, 0.4) is 0 Å². The number of halogens is 9. The molecule has 0 spiro atoms. The highest BCUT2D eigenvalue weighted by Gasteiger charge is 2.83. The van der Waals surface area contributed by atoms with Crippen molar-refractivity contribution in [3.63, 3.8) is 0 Å². The molecule has 216 valence electrons. The van der Waals surface area contributed by atoms with E-state index in [1.54, 1.807) is 0 Å². The second-order valence-electron chi connectivity index (χ2n) is 7.88. The maximum Gasteiger partial charge on any atom is 0.460 e. The molecule has 1 aliphatic rings. The summed E-state index contributed by atoms with van der Waals surface area (Å²) in [6.45, 7) is 4.01. The Morgan fingerprint density at radius 3 is 1.89 bits per heavy atom. The van der Waals surface area contributed by atoms with Gasteiger partial charge in [0.25, 0.3) is 0 Å². The van der Waals surface area contributed by atoms with Gasteiger partial charge in [-0.3, -0.25) is 0 Å². The minimum Gasteiger partial charge on any atom is -0.743 e. The SMILES string of the molecule is CCOCCOc1ccc([S+]2CCCC2)c2ccccc12.O=S(=O)([O-])C(F)(F)C(F)(F)C(F)(F)C(F)(F)F. The van der Waals surface area contributed by atoms with Crippen molar-refractivity contribution in [1.29, 1.82) is 0 Å². The lowest BCUT2D eigenvalue weighted by Crippen LogP contribution is -2.63. The molecular formula is C22H23F9O5S2. The Balaban J connectivity index is 0.000000275. The molecule has 38 heavy (non-hydrogen) atoms. The second kappa shape index (κ2) is 12.1. The largest absolute Gasteiger partial charge is 0.743 e. The number of ether oxygens (including phenoxy) is 2. The van der Waals surface area contributed by atoms with Gasteiger partial charge in [0.1, 0.15) is 23.9 Å². The molecule has 1 fully saturated rings. The first-order chi connectivity index (χ1) is 17.4. The van der Waals surface area contributed by atoms with E-state index >= 15 is 0 Å². The predicted molar refractivity (Wildman–Crippen MR) is 121 cm³/mol. The Kier molecular flexibility index (Phi) is 10.3. The summed E-state index contributed by atoms with van der Waals surface area (Å²) in [6, 6.07) is 13.1. The van der Waals surface area contributed by atoms with Gasteiger partial charge in [0, 0.05) is 28.3 Å². The summed E-state index contributed by atoms with van der Waals surface area (Å²) in [4.78, 5) is 1.53. The number of alkyl halides is 9. The molecular weight excluding hydrogens is 579 g/mol. The molecule has 2 aromatic rings. The van der Waals surface area contributed by atoms with Crippen LogP contribution in [-0.2, 0) is 25.7 Å². The van der Waals surface area contributed by atoms with E-state index in [2.05, 4.69) is 36.4 Å². The third-order valence-corrected chi connectivity index (χ3v) is 8.73. The van der Waals surface area contributed by atoms with Crippen molar-refractivity contribution in [2.45, 2.75) is 47.9 Å². The Morgan fingerprint density at radius 2 is 1.39 bits per heavy atom. The molecule has 3 rings (SSSR count). The van der Waals surface area contributed by atoms with Gasteiger partial charge in [0.15, 0.2) is 15.0 Å².